The maximum absolute atomic E-state index is 9.75. The summed E-state index contributed by atoms with van der Waals surface area (Å²) in [5.74, 6) is 0.324. The second-order valence-electron chi connectivity index (χ2n) is 1.55. The Hall–Kier alpha value is -0.0800. The van der Waals surface area contributed by atoms with Gasteiger partial charge in [0.1, 0.15) is 6.29 Å². The quantitative estimate of drug-likeness (QED) is 0.488. The van der Waals surface area contributed by atoms with Gasteiger partial charge in [-0.2, -0.15) is 0 Å². The first-order chi connectivity index (χ1) is 2.93. The summed E-state index contributed by atoms with van der Waals surface area (Å²) >= 11 is 0. The maximum Gasteiger partial charge on any atom is 0.125 e. The normalized spacial score (nSPS) is 19.4. The number of halogens is 1. The van der Waals surface area contributed by atoms with E-state index < -0.39 is 0 Å². The number of carbonyl (C=O) groups excluding carboxylic acids is 1. The lowest BCUT2D eigenvalue weighted by Crippen LogP contribution is -2.42. The van der Waals surface area contributed by atoms with Gasteiger partial charge in [-0.3, -0.25) is 0 Å². The summed E-state index contributed by atoms with van der Waals surface area (Å²) in [4.78, 5) is 9.75. The van der Waals surface area contributed by atoms with Crippen LogP contribution >= 0.6 is 12.4 Å². The summed E-state index contributed by atoms with van der Waals surface area (Å²) < 4.78 is 0. The van der Waals surface area contributed by atoms with Crippen LogP contribution in [-0.4, -0.2) is 19.4 Å². The predicted octanol–water partition coefficient (Wildman–Crippen LogP) is -0.174. The molecule has 0 aromatic carbocycles. The molecule has 0 saturated carbocycles. The van der Waals surface area contributed by atoms with E-state index in [9.17, 15) is 4.79 Å². The molecule has 7 heavy (non-hydrogen) atoms. The molecule has 0 atom stereocenters. The number of carbonyl (C=O) groups is 1. The average molecular weight is 122 g/mol. The van der Waals surface area contributed by atoms with E-state index in [1.54, 1.807) is 0 Å². The van der Waals surface area contributed by atoms with Gasteiger partial charge in [-0.15, -0.1) is 12.4 Å². The molecule has 0 aromatic rings. The SMILES string of the molecule is Cl.O=CC1CNC1. The molecule has 1 fully saturated rings. The Bertz CT molecular complexity index is 62.7. The van der Waals surface area contributed by atoms with Crippen molar-refractivity contribution in [2.45, 2.75) is 0 Å². The fourth-order valence-electron chi connectivity index (χ4n) is 0.407. The van der Waals surface area contributed by atoms with Crippen LogP contribution in [0.25, 0.3) is 0 Å². The molecule has 0 aliphatic carbocycles. The maximum atomic E-state index is 9.75. The van der Waals surface area contributed by atoms with E-state index in [4.69, 9.17) is 0 Å². The predicted molar refractivity (Wildman–Crippen MR) is 29.7 cm³/mol. The third kappa shape index (κ3) is 1.45. The second kappa shape index (κ2) is 2.99. The van der Waals surface area contributed by atoms with Gasteiger partial charge in [-0.25, -0.2) is 0 Å². The lowest BCUT2D eigenvalue weighted by atomic mass is 10.1. The molecular formula is C4H8ClNO. The van der Waals surface area contributed by atoms with Crippen molar-refractivity contribution in [1.29, 1.82) is 0 Å². The van der Waals surface area contributed by atoms with Gasteiger partial charge in [0.05, 0.1) is 0 Å². The average Bonchev–Trinajstić information content (AvgIpc) is 1.31. The zero-order chi connectivity index (χ0) is 4.41. The van der Waals surface area contributed by atoms with Crippen LogP contribution in [0, 0.1) is 5.92 Å². The van der Waals surface area contributed by atoms with Gasteiger partial charge in [0, 0.05) is 19.0 Å². The first-order valence-electron chi connectivity index (χ1n) is 2.09. The van der Waals surface area contributed by atoms with Gasteiger partial charge in [0.2, 0.25) is 0 Å². The van der Waals surface area contributed by atoms with Crippen molar-refractivity contribution in [2.75, 3.05) is 13.1 Å². The van der Waals surface area contributed by atoms with Crippen LogP contribution in [-0.2, 0) is 4.79 Å². The molecule has 0 spiro atoms. The minimum atomic E-state index is 0. The number of nitrogens with one attached hydrogen (secondary N) is 1. The smallest absolute Gasteiger partial charge is 0.125 e. The van der Waals surface area contributed by atoms with Crippen LogP contribution in [0.3, 0.4) is 0 Å². The van der Waals surface area contributed by atoms with Crippen LogP contribution in [0.1, 0.15) is 0 Å². The highest BCUT2D eigenvalue weighted by Crippen LogP contribution is 1.94. The zero-order valence-electron chi connectivity index (χ0n) is 3.89. The molecule has 1 N–H and O–H groups in total. The van der Waals surface area contributed by atoms with Crippen LogP contribution in [0.5, 0.6) is 0 Å². The lowest BCUT2D eigenvalue weighted by molar-refractivity contribution is -0.112. The molecule has 1 heterocycles. The Labute approximate surface area is 48.7 Å². The summed E-state index contributed by atoms with van der Waals surface area (Å²) in [6, 6.07) is 0. The fraction of sp³-hybridized carbons (Fsp3) is 0.750. The van der Waals surface area contributed by atoms with Gasteiger partial charge in [0.15, 0.2) is 0 Å². The van der Waals surface area contributed by atoms with Crippen molar-refractivity contribution in [1.82, 2.24) is 5.32 Å². The topological polar surface area (TPSA) is 29.1 Å². The third-order valence-electron chi connectivity index (χ3n) is 1.01. The van der Waals surface area contributed by atoms with Crippen molar-refractivity contribution >= 4 is 18.7 Å². The standard InChI is InChI=1S/C4H7NO.ClH/c6-3-4-1-5-2-4;/h3-5H,1-2H2;1H. The first kappa shape index (κ1) is 6.92. The van der Waals surface area contributed by atoms with Crippen molar-refractivity contribution < 1.29 is 4.79 Å². The number of hydrogen-bond acceptors (Lipinski definition) is 2. The lowest BCUT2D eigenvalue weighted by Gasteiger charge is -2.20. The fourth-order valence-corrected chi connectivity index (χ4v) is 0.407. The molecule has 0 radical (unpaired) electrons. The largest absolute Gasteiger partial charge is 0.315 e. The first-order valence-corrected chi connectivity index (χ1v) is 2.09. The Balaban J connectivity index is 0.000000360. The van der Waals surface area contributed by atoms with E-state index in [-0.39, 0.29) is 12.4 Å². The summed E-state index contributed by atoms with van der Waals surface area (Å²) in [7, 11) is 0. The summed E-state index contributed by atoms with van der Waals surface area (Å²) in [5.41, 5.74) is 0. The van der Waals surface area contributed by atoms with Crippen LogP contribution in [0.2, 0.25) is 0 Å². The minimum absolute atomic E-state index is 0. The van der Waals surface area contributed by atoms with Gasteiger partial charge in [-0.05, 0) is 0 Å². The van der Waals surface area contributed by atoms with Crippen molar-refractivity contribution in [3.8, 4) is 0 Å². The molecule has 1 saturated heterocycles. The molecule has 0 aromatic heterocycles. The van der Waals surface area contributed by atoms with Gasteiger partial charge in [-0.1, -0.05) is 0 Å². The third-order valence-corrected chi connectivity index (χ3v) is 1.01. The molecule has 1 aliphatic rings. The highest BCUT2D eigenvalue weighted by Gasteiger charge is 2.13. The summed E-state index contributed by atoms with van der Waals surface area (Å²) in [6.45, 7) is 1.78. The van der Waals surface area contributed by atoms with Crippen LogP contribution < -0.4 is 5.32 Å². The van der Waals surface area contributed by atoms with E-state index in [2.05, 4.69) is 5.32 Å². The molecule has 1 rings (SSSR count). The van der Waals surface area contributed by atoms with Crippen molar-refractivity contribution in [3.05, 3.63) is 0 Å². The number of aldehydes is 1. The van der Waals surface area contributed by atoms with E-state index in [1.807, 2.05) is 0 Å². The summed E-state index contributed by atoms with van der Waals surface area (Å²) in [5, 5.41) is 2.98. The number of hydrogen-bond donors (Lipinski definition) is 1. The van der Waals surface area contributed by atoms with Gasteiger partial charge in [0.25, 0.3) is 0 Å². The van der Waals surface area contributed by atoms with E-state index in [1.165, 1.54) is 0 Å². The van der Waals surface area contributed by atoms with E-state index >= 15 is 0 Å². The van der Waals surface area contributed by atoms with Gasteiger partial charge >= 0.3 is 0 Å². The molecule has 3 heteroatoms. The van der Waals surface area contributed by atoms with Gasteiger partial charge < -0.3 is 10.1 Å². The molecule has 1 aliphatic heterocycles. The molecule has 0 unspecified atom stereocenters. The van der Waals surface area contributed by atoms with Crippen molar-refractivity contribution in [2.24, 2.45) is 5.92 Å². The molecule has 42 valence electrons. The molecule has 2 nitrogen and oxygen atoms in total. The summed E-state index contributed by atoms with van der Waals surface area (Å²) in [6.07, 6.45) is 0.997. The number of rotatable bonds is 1. The van der Waals surface area contributed by atoms with Crippen LogP contribution in [0.15, 0.2) is 0 Å². The Morgan fingerprint density at radius 2 is 2.14 bits per heavy atom. The highest BCUT2D eigenvalue weighted by atomic mass is 35.5. The highest BCUT2D eigenvalue weighted by molar-refractivity contribution is 5.85. The minimum Gasteiger partial charge on any atom is -0.315 e. The van der Waals surface area contributed by atoms with Crippen LogP contribution in [0.4, 0.5) is 0 Å². The van der Waals surface area contributed by atoms with Crippen molar-refractivity contribution in [3.63, 3.8) is 0 Å². The monoisotopic (exact) mass is 121 g/mol. The molecular weight excluding hydrogens is 114 g/mol. The van der Waals surface area contributed by atoms with E-state index in [0.717, 1.165) is 19.4 Å². The Morgan fingerprint density at radius 3 is 2.14 bits per heavy atom. The molecule has 0 amide bonds. The Morgan fingerprint density at radius 1 is 1.57 bits per heavy atom. The molecule has 0 bridgehead atoms. The van der Waals surface area contributed by atoms with E-state index in [0.29, 0.717) is 5.92 Å². The Kier molecular flexibility index (Phi) is 2.96. The second-order valence-corrected chi connectivity index (χ2v) is 1.55. The zero-order valence-corrected chi connectivity index (χ0v) is 4.70.